The van der Waals surface area contributed by atoms with Crippen LogP contribution in [0.2, 0.25) is 0 Å². The van der Waals surface area contributed by atoms with Crippen LogP contribution in [0.15, 0.2) is 12.1 Å². The van der Waals surface area contributed by atoms with Crippen molar-refractivity contribution in [3.63, 3.8) is 0 Å². The maximum absolute atomic E-state index is 13.5. The van der Waals surface area contributed by atoms with E-state index >= 15 is 0 Å². The Morgan fingerprint density at radius 3 is 2.50 bits per heavy atom. The van der Waals surface area contributed by atoms with E-state index in [1.807, 2.05) is 0 Å². The number of rotatable bonds is 3. The molecule has 0 aliphatic heterocycles. The number of carboxylic acid groups (broad SMARTS) is 1. The van der Waals surface area contributed by atoms with Gasteiger partial charge in [-0.15, -0.1) is 0 Å². The quantitative estimate of drug-likeness (QED) is 0.832. The lowest BCUT2D eigenvalue weighted by Crippen LogP contribution is -2.36. The summed E-state index contributed by atoms with van der Waals surface area (Å²) in [6.45, 7) is 2.78. The van der Waals surface area contributed by atoms with Crippen molar-refractivity contribution < 1.29 is 18.7 Å². The van der Waals surface area contributed by atoms with Gasteiger partial charge in [0.25, 0.3) is 0 Å². The Kier molecular flexibility index (Phi) is 3.28. The first-order valence-electron chi connectivity index (χ1n) is 4.71. The van der Waals surface area contributed by atoms with Gasteiger partial charge in [-0.25, -0.2) is 8.78 Å². The second-order valence-electron chi connectivity index (χ2n) is 4.07. The van der Waals surface area contributed by atoms with Crippen LogP contribution in [0.1, 0.15) is 24.5 Å². The number of halogens is 2. The van der Waals surface area contributed by atoms with Crippen LogP contribution < -0.4 is 5.73 Å². The Morgan fingerprint density at radius 2 is 2.00 bits per heavy atom. The minimum Gasteiger partial charge on any atom is -0.481 e. The molecule has 1 rings (SSSR count). The summed E-state index contributed by atoms with van der Waals surface area (Å²) < 4.78 is 26.8. The van der Waals surface area contributed by atoms with E-state index in [1.54, 1.807) is 0 Å². The Bertz CT molecular complexity index is 430. The number of carboxylic acids is 1. The van der Waals surface area contributed by atoms with Crippen molar-refractivity contribution >= 4 is 5.97 Å². The highest BCUT2D eigenvalue weighted by atomic mass is 19.1. The zero-order valence-electron chi connectivity index (χ0n) is 9.05. The summed E-state index contributed by atoms with van der Waals surface area (Å²) in [5.74, 6) is -2.45. The molecule has 0 aliphatic carbocycles. The molecular weight excluding hydrogens is 216 g/mol. The lowest BCUT2D eigenvalue weighted by atomic mass is 9.88. The molecule has 0 saturated carbocycles. The standard InChI is InChI=1S/C11H13F2NO2/c1-6-3-9(13)7(4-8(6)12)11(2,14)5-10(15)16/h3-4H,5,14H2,1-2H3,(H,15,16). The Hall–Kier alpha value is -1.49. The number of aryl methyl sites for hydroxylation is 1. The summed E-state index contributed by atoms with van der Waals surface area (Å²) in [7, 11) is 0. The zero-order valence-corrected chi connectivity index (χ0v) is 9.05. The van der Waals surface area contributed by atoms with Crippen LogP contribution >= 0.6 is 0 Å². The van der Waals surface area contributed by atoms with Gasteiger partial charge in [-0.3, -0.25) is 4.79 Å². The van der Waals surface area contributed by atoms with Crippen LogP contribution in [-0.4, -0.2) is 11.1 Å². The van der Waals surface area contributed by atoms with Gasteiger partial charge in [0.05, 0.1) is 12.0 Å². The van der Waals surface area contributed by atoms with E-state index in [1.165, 1.54) is 13.8 Å². The second-order valence-corrected chi connectivity index (χ2v) is 4.07. The number of hydrogen-bond donors (Lipinski definition) is 2. The van der Waals surface area contributed by atoms with Crippen molar-refractivity contribution in [1.82, 2.24) is 0 Å². The number of carbonyl (C=O) groups is 1. The third-order valence-electron chi connectivity index (χ3n) is 2.38. The zero-order chi connectivity index (χ0) is 12.5. The predicted octanol–water partition coefficient (Wildman–Crippen LogP) is 1.92. The SMILES string of the molecule is Cc1cc(F)c(C(C)(N)CC(=O)O)cc1F. The smallest absolute Gasteiger partial charge is 0.305 e. The molecule has 3 nitrogen and oxygen atoms in total. The maximum atomic E-state index is 13.5. The molecule has 1 aromatic carbocycles. The van der Waals surface area contributed by atoms with Gasteiger partial charge in [-0.05, 0) is 31.5 Å². The van der Waals surface area contributed by atoms with Crippen molar-refractivity contribution in [2.24, 2.45) is 5.73 Å². The van der Waals surface area contributed by atoms with E-state index in [0.717, 1.165) is 12.1 Å². The average Bonchev–Trinajstić information content (AvgIpc) is 2.08. The summed E-state index contributed by atoms with van der Waals surface area (Å²) in [5.41, 5.74) is 4.28. The van der Waals surface area contributed by atoms with Gasteiger partial charge in [0.1, 0.15) is 11.6 Å². The van der Waals surface area contributed by atoms with Crippen LogP contribution in [0.4, 0.5) is 8.78 Å². The molecule has 0 bridgehead atoms. The largest absolute Gasteiger partial charge is 0.481 e. The van der Waals surface area contributed by atoms with E-state index < -0.39 is 29.6 Å². The highest BCUT2D eigenvalue weighted by Gasteiger charge is 2.28. The molecular formula is C11H13F2NO2. The normalized spacial score (nSPS) is 14.6. The first-order chi connectivity index (χ1) is 7.24. The van der Waals surface area contributed by atoms with Crippen molar-refractivity contribution in [3.05, 3.63) is 34.9 Å². The summed E-state index contributed by atoms with van der Waals surface area (Å²) >= 11 is 0. The molecule has 0 aliphatic rings. The van der Waals surface area contributed by atoms with Crippen LogP contribution in [0, 0.1) is 18.6 Å². The number of aliphatic carboxylic acids is 1. The first-order valence-corrected chi connectivity index (χ1v) is 4.71. The number of nitrogens with two attached hydrogens (primary N) is 1. The minimum absolute atomic E-state index is 0.127. The predicted molar refractivity (Wildman–Crippen MR) is 54.9 cm³/mol. The van der Waals surface area contributed by atoms with Gasteiger partial charge in [0.2, 0.25) is 0 Å². The molecule has 0 aromatic heterocycles. The van der Waals surface area contributed by atoms with Crippen LogP contribution in [0.25, 0.3) is 0 Å². The van der Waals surface area contributed by atoms with Gasteiger partial charge < -0.3 is 10.8 Å². The highest BCUT2D eigenvalue weighted by molar-refractivity contribution is 5.68. The van der Waals surface area contributed by atoms with E-state index in [-0.39, 0.29) is 11.1 Å². The molecule has 0 fully saturated rings. The minimum atomic E-state index is -1.43. The van der Waals surface area contributed by atoms with Gasteiger partial charge in [0.15, 0.2) is 0 Å². The fraction of sp³-hybridized carbons (Fsp3) is 0.364. The van der Waals surface area contributed by atoms with Crippen LogP contribution in [-0.2, 0) is 10.3 Å². The highest BCUT2D eigenvalue weighted by Crippen LogP contribution is 2.26. The Morgan fingerprint density at radius 1 is 1.44 bits per heavy atom. The van der Waals surface area contributed by atoms with Crippen molar-refractivity contribution in [1.29, 1.82) is 0 Å². The Labute approximate surface area is 91.9 Å². The molecule has 0 spiro atoms. The number of hydrogen-bond acceptors (Lipinski definition) is 2. The van der Waals surface area contributed by atoms with Crippen molar-refractivity contribution in [2.45, 2.75) is 25.8 Å². The van der Waals surface area contributed by atoms with Crippen LogP contribution in [0.3, 0.4) is 0 Å². The fourth-order valence-corrected chi connectivity index (χ4v) is 1.49. The van der Waals surface area contributed by atoms with E-state index in [2.05, 4.69) is 0 Å². The summed E-state index contributed by atoms with van der Waals surface area (Å²) in [6, 6.07) is 1.96. The molecule has 0 heterocycles. The van der Waals surface area contributed by atoms with Crippen LogP contribution in [0.5, 0.6) is 0 Å². The van der Waals surface area contributed by atoms with E-state index in [9.17, 15) is 13.6 Å². The van der Waals surface area contributed by atoms with Gasteiger partial charge in [-0.2, -0.15) is 0 Å². The lowest BCUT2D eigenvalue weighted by Gasteiger charge is -2.24. The molecule has 1 unspecified atom stereocenters. The van der Waals surface area contributed by atoms with Crippen molar-refractivity contribution in [2.75, 3.05) is 0 Å². The average molecular weight is 229 g/mol. The molecule has 3 N–H and O–H groups in total. The summed E-state index contributed by atoms with van der Waals surface area (Å²) in [4.78, 5) is 10.6. The fourth-order valence-electron chi connectivity index (χ4n) is 1.49. The van der Waals surface area contributed by atoms with Gasteiger partial charge in [0, 0.05) is 5.56 Å². The molecule has 5 heteroatoms. The molecule has 1 aromatic rings. The lowest BCUT2D eigenvalue weighted by molar-refractivity contribution is -0.138. The number of benzene rings is 1. The van der Waals surface area contributed by atoms with E-state index in [4.69, 9.17) is 10.8 Å². The van der Waals surface area contributed by atoms with E-state index in [0.29, 0.717) is 0 Å². The first kappa shape index (κ1) is 12.6. The third-order valence-corrected chi connectivity index (χ3v) is 2.38. The monoisotopic (exact) mass is 229 g/mol. The topological polar surface area (TPSA) is 63.3 Å². The molecule has 16 heavy (non-hydrogen) atoms. The summed E-state index contributed by atoms with van der Waals surface area (Å²) in [6.07, 6.45) is -0.466. The Balaban J connectivity index is 3.22. The molecule has 0 amide bonds. The molecule has 0 saturated heterocycles. The second kappa shape index (κ2) is 4.17. The van der Waals surface area contributed by atoms with Gasteiger partial charge in [-0.1, -0.05) is 0 Å². The third kappa shape index (κ3) is 2.55. The van der Waals surface area contributed by atoms with Gasteiger partial charge >= 0.3 is 5.97 Å². The summed E-state index contributed by atoms with van der Waals surface area (Å²) in [5, 5.41) is 8.63. The maximum Gasteiger partial charge on any atom is 0.305 e. The molecule has 0 radical (unpaired) electrons. The molecule has 88 valence electrons. The van der Waals surface area contributed by atoms with Crippen molar-refractivity contribution in [3.8, 4) is 0 Å². The molecule has 1 atom stereocenters.